The Morgan fingerprint density at radius 3 is 2.21 bits per heavy atom. The van der Waals surface area contributed by atoms with Crippen LogP contribution in [0.1, 0.15) is 116 Å². The van der Waals surface area contributed by atoms with Crippen LogP contribution in [0.3, 0.4) is 0 Å². The van der Waals surface area contributed by atoms with Gasteiger partial charge in [-0.2, -0.15) is 4.90 Å². The predicted molar refractivity (Wildman–Crippen MR) is 175 cm³/mol. The molecule has 3 atom stereocenters. The molecule has 2 saturated carbocycles. The number of carbonyl (C=O) groups excluding carboxylic acids is 5. The number of imidazole rings is 1. The SMILES string of the molecule is CCOC(=O)c1ncn([C@H]2CCc3sc(CC(=O)[C@@H]4C[C@@H]4F)c(C(=O)NCC4CC4)c3C2)c1N(C(=O)OC(C)(C)C)C(=O)OC(C)(C)C. The Morgan fingerprint density at radius 1 is 1.04 bits per heavy atom. The first-order chi connectivity index (χ1) is 22.5. The van der Waals surface area contributed by atoms with Crippen molar-refractivity contribution in [2.45, 2.75) is 117 Å². The van der Waals surface area contributed by atoms with E-state index in [1.54, 1.807) is 53.0 Å². The number of carbonyl (C=O) groups is 5. The summed E-state index contributed by atoms with van der Waals surface area (Å²) in [5.74, 6) is -1.70. The van der Waals surface area contributed by atoms with Gasteiger partial charge in [-0.15, -0.1) is 11.3 Å². The average Bonchev–Trinajstić information content (AvgIpc) is 3.86. The van der Waals surface area contributed by atoms with Gasteiger partial charge < -0.3 is 24.1 Å². The second-order valence-corrected chi connectivity index (χ2v) is 15.9. The molecule has 0 bridgehead atoms. The van der Waals surface area contributed by atoms with Crippen molar-refractivity contribution in [3.63, 3.8) is 0 Å². The molecule has 262 valence electrons. The van der Waals surface area contributed by atoms with Crippen LogP contribution in [0.15, 0.2) is 6.33 Å². The Labute approximate surface area is 283 Å². The maximum atomic E-state index is 13.8. The molecular weight excluding hydrogens is 643 g/mol. The van der Waals surface area contributed by atoms with Gasteiger partial charge in [0.05, 0.1) is 24.4 Å². The lowest BCUT2D eigenvalue weighted by Gasteiger charge is -2.31. The molecule has 0 spiro atoms. The van der Waals surface area contributed by atoms with E-state index in [9.17, 15) is 28.4 Å². The Kier molecular flexibility index (Phi) is 10.1. The molecule has 0 aromatic carbocycles. The van der Waals surface area contributed by atoms with Crippen LogP contribution < -0.4 is 10.2 Å². The number of imide groups is 1. The van der Waals surface area contributed by atoms with Crippen molar-refractivity contribution in [2.75, 3.05) is 18.1 Å². The summed E-state index contributed by atoms with van der Waals surface area (Å²) in [6, 6.07) is -0.470. The van der Waals surface area contributed by atoms with Gasteiger partial charge in [-0.05, 0) is 98.5 Å². The first kappa shape index (κ1) is 35.5. The molecule has 2 aromatic heterocycles. The number of thiophene rings is 1. The molecule has 5 rings (SSSR count). The third-order valence-electron chi connectivity index (χ3n) is 8.24. The topological polar surface area (TPSA) is 146 Å². The minimum Gasteiger partial charge on any atom is -0.461 e. The van der Waals surface area contributed by atoms with E-state index in [0.717, 1.165) is 23.3 Å². The fourth-order valence-corrected chi connectivity index (χ4v) is 7.09. The number of fused-ring (bicyclic) bond motifs is 1. The van der Waals surface area contributed by atoms with Gasteiger partial charge in [-0.3, -0.25) is 9.59 Å². The largest absolute Gasteiger partial charge is 0.461 e. The minimum absolute atomic E-state index is 0.0198. The zero-order chi connectivity index (χ0) is 35.1. The maximum absolute atomic E-state index is 13.8. The lowest BCUT2D eigenvalue weighted by atomic mass is 9.89. The summed E-state index contributed by atoms with van der Waals surface area (Å²) >= 11 is 1.40. The minimum atomic E-state index is -1.13. The average molecular weight is 689 g/mol. The molecule has 2 heterocycles. The van der Waals surface area contributed by atoms with E-state index in [1.807, 2.05) is 0 Å². The van der Waals surface area contributed by atoms with Gasteiger partial charge in [-0.25, -0.2) is 23.8 Å². The molecule has 2 aromatic rings. The van der Waals surface area contributed by atoms with Gasteiger partial charge in [0, 0.05) is 28.8 Å². The number of alkyl halides is 1. The smallest absolute Gasteiger partial charge is 0.425 e. The van der Waals surface area contributed by atoms with Crippen molar-refractivity contribution < 1.29 is 42.6 Å². The van der Waals surface area contributed by atoms with E-state index in [0.29, 0.717) is 40.6 Å². The van der Waals surface area contributed by atoms with Gasteiger partial charge >= 0.3 is 18.2 Å². The van der Waals surface area contributed by atoms with Crippen molar-refractivity contribution in [1.82, 2.24) is 14.9 Å². The highest BCUT2D eigenvalue weighted by atomic mass is 32.1. The van der Waals surface area contributed by atoms with Crippen molar-refractivity contribution in [1.29, 1.82) is 0 Å². The summed E-state index contributed by atoms with van der Waals surface area (Å²) in [6.45, 7) is 12.1. The maximum Gasteiger partial charge on any atom is 0.425 e. The van der Waals surface area contributed by atoms with Gasteiger partial charge in [0.1, 0.15) is 23.2 Å². The first-order valence-electron chi connectivity index (χ1n) is 16.6. The zero-order valence-electron chi connectivity index (χ0n) is 28.6. The van der Waals surface area contributed by atoms with Gasteiger partial charge in [0.25, 0.3) is 5.91 Å². The van der Waals surface area contributed by atoms with E-state index in [4.69, 9.17) is 14.2 Å². The summed E-state index contributed by atoms with van der Waals surface area (Å²) in [4.78, 5) is 73.8. The molecular formula is C34H45FN4O8S. The highest BCUT2D eigenvalue weighted by Gasteiger charge is 2.44. The van der Waals surface area contributed by atoms with Crippen LogP contribution in [-0.2, 0) is 38.3 Å². The second kappa shape index (κ2) is 13.6. The van der Waals surface area contributed by atoms with Crippen LogP contribution >= 0.6 is 11.3 Å². The number of aryl methyl sites for hydroxylation is 1. The van der Waals surface area contributed by atoms with Crippen molar-refractivity contribution in [3.05, 3.63) is 32.9 Å². The normalized spacial score (nSPS) is 20.4. The molecule has 3 amide bonds. The zero-order valence-corrected chi connectivity index (χ0v) is 29.5. The molecule has 0 saturated heterocycles. The number of ketones is 1. The van der Waals surface area contributed by atoms with E-state index >= 15 is 0 Å². The number of nitrogens with one attached hydrogen (secondary N) is 1. The van der Waals surface area contributed by atoms with Gasteiger partial charge in [-0.1, -0.05) is 0 Å². The van der Waals surface area contributed by atoms with E-state index in [2.05, 4.69) is 10.3 Å². The van der Waals surface area contributed by atoms with Crippen molar-refractivity contribution in [2.24, 2.45) is 11.8 Å². The highest BCUT2D eigenvalue weighted by molar-refractivity contribution is 7.12. The summed E-state index contributed by atoms with van der Waals surface area (Å²) in [7, 11) is 0. The van der Waals surface area contributed by atoms with Crippen LogP contribution in [-0.4, -0.2) is 69.9 Å². The standard InChI is InChI=1S/C34H45FN4O8S/c1-8-45-30(42)27-29(39(31(43)46-33(2,3)4)32(44)47-34(5,6)7)38(17-37-27)19-11-12-24-21(13-19)26(28(41)36-16-18-9-10-18)25(48-24)15-23(40)20-14-22(20)35/h17-20,22H,8-16H2,1-7H3,(H,36,41)/t19-,20+,22-/m0/s1. The molecule has 1 N–H and O–H groups in total. The molecule has 0 aliphatic heterocycles. The summed E-state index contributed by atoms with van der Waals surface area (Å²) < 4.78 is 31.8. The molecule has 2 fully saturated rings. The molecule has 12 nitrogen and oxygen atoms in total. The number of nitrogens with zero attached hydrogens (tertiary/aromatic N) is 3. The Balaban J connectivity index is 1.56. The number of hydrogen-bond acceptors (Lipinski definition) is 10. The van der Waals surface area contributed by atoms with Crippen LogP contribution in [0.4, 0.5) is 19.8 Å². The van der Waals surface area contributed by atoms with Gasteiger partial charge in [0.2, 0.25) is 0 Å². The number of amides is 3. The summed E-state index contributed by atoms with van der Waals surface area (Å²) in [5, 5.41) is 3.03. The predicted octanol–water partition coefficient (Wildman–Crippen LogP) is 6.14. The Bertz CT molecular complexity index is 1570. The summed E-state index contributed by atoms with van der Waals surface area (Å²) in [6.07, 6.45) is 1.70. The molecule has 14 heteroatoms. The molecule has 3 aliphatic rings. The number of aromatic nitrogens is 2. The van der Waals surface area contributed by atoms with Crippen LogP contribution in [0, 0.1) is 11.8 Å². The van der Waals surface area contributed by atoms with E-state index < -0.39 is 47.5 Å². The van der Waals surface area contributed by atoms with E-state index in [1.165, 1.54) is 17.7 Å². The number of ether oxygens (including phenoxy) is 3. The Hall–Kier alpha value is -3.81. The van der Waals surface area contributed by atoms with Crippen LogP contribution in [0.5, 0.6) is 0 Å². The van der Waals surface area contributed by atoms with Crippen LogP contribution in [0.2, 0.25) is 0 Å². The summed E-state index contributed by atoms with van der Waals surface area (Å²) in [5.41, 5.74) is -1.10. The quantitative estimate of drug-likeness (QED) is 0.230. The number of halogens is 1. The molecule has 0 radical (unpaired) electrons. The number of esters is 1. The number of anilines is 1. The molecule has 3 aliphatic carbocycles. The highest BCUT2D eigenvalue weighted by Crippen LogP contribution is 2.42. The van der Waals surface area contributed by atoms with E-state index in [-0.39, 0.29) is 49.1 Å². The fraction of sp³-hybridized carbons (Fsp3) is 0.647. The van der Waals surface area contributed by atoms with Crippen LogP contribution in [0.25, 0.3) is 0 Å². The van der Waals surface area contributed by atoms with Crippen molar-refractivity contribution >= 4 is 47.0 Å². The Morgan fingerprint density at radius 2 is 1.67 bits per heavy atom. The molecule has 48 heavy (non-hydrogen) atoms. The second-order valence-electron chi connectivity index (χ2n) is 14.7. The lowest BCUT2D eigenvalue weighted by Crippen LogP contribution is -2.45. The molecule has 0 unspecified atom stereocenters. The third kappa shape index (κ3) is 8.24. The fourth-order valence-electron chi connectivity index (χ4n) is 5.73. The number of Topliss-reactive ketones (excluding diaryl/α,β-unsaturated/α-hetero) is 1. The first-order valence-corrected chi connectivity index (χ1v) is 17.4. The monoisotopic (exact) mass is 688 g/mol. The number of hydrogen-bond donors (Lipinski definition) is 1. The van der Waals surface area contributed by atoms with Crippen molar-refractivity contribution in [3.8, 4) is 0 Å². The number of rotatable bonds is 10. The lowest BCUT2D eigenvalue weighted by molar-refractivity contribution is -0.119. The third-order valence-corrected chi connectivity index (χ3v) is 9.53. The van der Waals surface area contributed by atoms with Gasteiger partial charge in [0.15, 0.2) is 11.5 Å².